The van der Waals surface area contributed by atoms with E-state index in [1.165, 1.54) is 12.1 Å². The highest BCUT2D eigenvalue weighted by Gasteiger charge is 2.07. The zero-order valence-electron chi connectivity index (χ0n) is 5.85. The molecule has 0 atom stereocenters. The number of nitrogens with one attached hydrogen (secondary N) is 1. The summed E-state index contributed by atoms with van der Waals surface area (Å²) in [5.74, 6) is -0.01000. The van der Waals surface area contributed by atoms with Gasteiger partial charge in [0.05, 0.1) is 0 Å². The van der Waals surface area contributed by atoms with Crippen molar-refractivity contribution in [3.63, 3.8) is 0 Å². The molecule has 0 aliphatic rings. The summed E-state index contributed by atoms with van der Waals surface area (Å²) in [5, 5.41) is 19.3. The third kappa shape index (κ3) is 0.815. The summed E-state index contributed by atoms with van der Waals surface area (Å²) < 4.78 is 4.41. The minimum absolute atomic E-state index is 0.01000. The molecule has 60 valence electrons. The van der Waals surface area contributed by atoms with E-state index in [9.17, 15) is 0 Å². The summed E-state index contributed by atoms with van der Waals surface area (Å²) in [6, 6.07) is 2.71. The molecule has 2 aromatic rings. The van der Waals surface area contributed by atoms with Gasteiger partial charge in [-0.2, -0.15) is 5.11 Å². The second kappa shape index (κ2) is 2.26. The van der Waals surface area contributed by atoms with E-state index in [2.05, 4.69) is 20.1 Å². The van der Waals surface area contributed by atoms with Crippen molar-refractivity contribution in [3.05, 3.63) is 12.1 Å². The first-order chi connectivity index (χ1) is 5.81. The van der Waals surface area contributed by atoms with Crippen molar-refractivity contribution >= 4 is 16.7 Å². The lowest BCUT2D eigenvalue weighted by atomic mass is 10.2. The highest BCUT2D eigenvalue weighted by atomic mass is 16.6. The zero-order chi connectivity index (χ0) is 8.55. The molecule has 0 bridgehead atoms. The Morgan fingerprint density at radius 2 is 2.25 bits per heavy atom. The Bertz CT molecular complexity index is 436. The topological polar surface area (TPSA) is 95.4 Å². The molecular formula is C6H4N4O2. The van der Waals surface area contributed by atoms with Crippen LogP contribution in [0.25, 0.3) is 11.0 Å². The maximum absolute atomic E-state index is 9.11. The van der Waals surface area contributed by atoms with Crippen LogP contribution in [0, 0.1) is 5.53 Å². The predicted molar refractivity (Wildman–Crippen MR) is 38.3 cm³/mol. The predicted octanol–water partition coefficient (Wildman–Crippen LogP) is 1.59. The van der Waals surface area contributed by atoms with Crippen LogP contribution < -0.4 is 0 Å². The number of rotatable bonds is 1. The Morgan fingerprint density at radius 3 is 3.00 bits per heavy atom. The number of aromatic nitrogens is 2. The van der Waals surface area contributed by atoms with Crippen molar-refractivity contribution < 1.29 is 9.74 Å². The Kier molecular flexibility index (Phi) is 1.26. The molecule has 0 saturated heterocycles. The molecule has 1 heterocycles. The van der Waals surface area contributed by atoms with E-state index in [1.807, 2.05) is 0 Å². The average Bonchev–Trinajstić information content (AvgIpc) is 2.50. The van der Waals surface area contributed by atoms with Gasteiger partial charge in [0.2, 0.25) is 0 Å². The number of phenols is 1. The first kappa shape index (κ1) is 6.71. The van der Waals surface area contributed by atoms with E-state index in [0.717, 1.165) is 0 Å². The van der Waals surface area contributed by atoms with Gasteiger partial charge in [-0.3, -0.25) is 0 Å². The zero-order valence-corrected chi connectivity index (χ0v) is 5.85. The van der Waals surface area contributed by atoms with Crippen LogP contribution in [0.3, 0.4) is 0 Å². The summed E-state index contributed by atoms with van der Waals surface area (Å²) in [7, 11) is 0. The van der Waals surface area contributed by atoms with Gasteiger partial charge in [0.15, 0.2) is 5.52 Å². The number of fused-ring (bicyclic) bond motifs is 1. The number of hydrogen-bond donors (Lipinski definition) is 2. The van der Waals surface area contributed by atoms with Gasteiger partial charge in [-0.05, 0) is 10.3 Å². The van der Waals surface area contributed by atoms with E-state index in [4.69, 9.17) is 10.6 Å². The number of nitrogens with zero attached hydrogens (tertiary/aromatic N) is 3. The molecule has 6 heteroatoms. The van der Waals surface area contributed by atoms with E-state index in [1.54, 1.807) is 0 Å². The van der Waals surface area contributed by atoms with Crippen molar-refractivity contribution in [2.24, 2.45) is 5.11 Å². The Labute approximate surface area is 66.3 Å². The van der Waals surface area contributed by atoms with E-state index in [0.29, 0.717) is 11.0 Å². The minimum atomic E-state index is -0.01000. The Hall–Kier alpha value is -1.98. The van der Waals surface area contributed by atoms with Gasteiger partial charge in [0.1, 0.15) is 17.0 Å². The van der Waals surface area contributed by atoms with Crippen molar-refractivity contribution in [3.8, 4) is 5.75 Å². The highest BCUT2D eigenvalue weighted by molar-refractivity contribution is 5.86. The summed E-state index contributed by atoms with van der Waals surface area (Å²) in [5.41, 5.74) is 7.77. The van der Waals surface area contributed by atoms with Crippen molar-refractivity contribution in [1.82, 2.24) is 10.3 Å². The van der Waals surface area contributed by atoms with Gasteiger partial charge >= 0.3 is 0 Å². The van der Waals surface area contributed by atoms with Crippen LogP contribution in [-0.2, 0) is 0 Å². The van der Waals surface area contributed by atoms with E-state index < -0.39 is 0 Å². The molecule has 1 aromatic carbocycles. The number of aromatic hydroxyl groups is 1. The third-order valence-electron chi connectivity index (χ3n) is 1.45. The lowest BCUT2D eigenvalue weighted by molar-refractivity contribution is 0.315. The maximum Gasteiger partial charge on any atom is 0.162 e. The lowest BCUT2D eigenvalue weighted by Crippen LogP contribution is -1.71. The van der Waals surface area contributed by atoms with Crippen LogP contribution >= 0.6 is 0 Å². The Balaban J connectivity index is 2.88. The maximum atomic E-state index is 9.11. The summed E-state index contributed by atoms with van der Waals surface area (Å²) in [4.78, 5) is 0. The molecule has 12 heavy (non-hydrogen) atoms. The van der Waals surface area contributed by atoms with E-state index >= 15 is 0 Å². The van der Waals surface area contributed by atoms with Crippen LogP contribution in [-0.4, -0.2) is 15.4 Å². The van der Waals surface area contributed by atoms with Gasteiger partial charge in [-0.25, -0.2) is 10.2 Å². The molecule has 0 aliphatic carbocycles. The first-order valence-corrected chi connectivity index (χ1v) is 3.14. The largest absolute Gasteiger partial charge is 0.508 e. The molecule has 6 nitrogen and oxygen atoms in total. The van der Waals surface area contributed by atoms with Gasteiger partial charge in [0, 0.05) is 12.1 Å². The molecule has 0 amide bonds. The smallest absolute Gasteiger partial charge is 0.162 e. The quantitative estimate of drug-likeness (QED) is 0.625. The second-order valence-electron chi connectivity index (χ2n) is 2.21. The molecule has 0 radical (unpaired) electrons. The minimum Gasteiger partial charge on any atom is -0.508 e. The van der Waals surface area contributed by atoms with Gasteiger partial charge in [-0.1, -0.05) is 0 Å². The van der Waals surface area contributed by atoms with Crippen LogP contribution in [0.2, 0.25) is 0 Å². The number of benzene rings is 1. The average molecular weight is 164 g/mol. The normalized spacial score (nSPS) is 10.3. The first-order valence-electron chi connectivity index (χ1n) is 3.14. The fourth-order valence-corrected chi connectivity index (χ4v) is 0.943. The lowest BCUT2D eigenvalue weighted by Gasteiger charge is -1.91. The molecular weight excluding hydrogens is 160 g/mol. The molecule has 0 fully saturated rings. The fraction of sp³-hybridized carbons (Fsp3) is 0. The summed E-state index contributed by atoms with van der Waals surface area (Å²) in [6.45, 7) is 0. The number of phenolic OH excluding ortho intramolecular Hbond substituents is 1. The van der Waals surface area contributed by atoms with Crippen LogP contribution in [0.4, 0.5) is 5.69 Å². The molecule has 2 N–H and O–H groups in total. The molecule has 0 saturated carbocycles. The summed E-state index contributed by atoms with van der Waals surface area (Å²) >= 11 is 0. The molecule has 0 unspecified atom stereocenters. The van der Waals surface area contributed by atoms with Crippen molar-refractivity contribution in [1.29, 1.82) is 5.53 Å². The molecule has 1 aromatic heterocycles. The molecule has 0 aliphatic heterocycles. The second-order valence-corrected chi connectivity index (χ2v) is 2.21. The summed E-state index contributed by atoms with van der Waals surface area (Å²) in [6.07, 6.45) is 0. The fourth-order valence-electron chi connectivity index (χ4n) is 0.943. The Morgan fingerprint density at radius 1 is 1.42 bits per heavy atom. The SMILES string of the molecule is N=Nc1cc(O)cc2nonc12. The molecule has 0 spiro atoms. The van der Waals surface area contributed by atoms with Crippen LogP contribution in [0.5, 0.6) is 5.75 Å². The van der Waals surface area contributed by atoms with Crippen LogP contribution in [0.1, 0.15) is 0 Å². The van der Waals surface area contributed by atoms with Crippen molar-refractivity contribution in [2.45, 2.75) is 0 Å². The monoisotopic (exact) mass is 164 g/mol. The highest BCUT2D eigenvalue weighted by Crippen LogP contribution is 2.27. The van der Waals surface area contributed by atoms with Gasteiger partial charge < -0.3 is 5.11 Å². The van der Waals surface area contributed by atoms with E-state index in [-0.39, 0.29) is 11.4 Å². The van der Waals surface area contributed by atoms with Crippen LogP contribution in [0.15, 0.2) is 21.9 Å². The van der Waals surface area contributed by atoms with Gasteiger partial charge in [-0.15, -0.1) is 0 Å². The molecule has 2 rings (SSSR count). The van der Waals surface area contributed by atoms with Gasteiger partial charge in [0.25, 0.3) is 0 Å². The number of hydrogen-bond acceptors (Lipinski definition) is 6. The third-order valence-corrected chi connectivity index (χ3v) is 1.45. The standard InChI is InChI=1S/C6H4N4O2/c7-8-4-1-3(11)2-5-6(4)10-12-9-5/h1-2,7,11H. The van der Waals surface area contributed by atoms with Crippen molar-refractivity contribution in [2.75, 3.05) is 0 Å².